The Balaban J connectivity index is 1.82. The van der Waals surface area contributed by atoms with Gasteiger partial charge in [0.05, 0.1) is 18.4 Å². The maximum atomic E-state index is 9.56. The lowest BCUT2D eigenvalue weighted by Crippen LogP contribution is -2.85. The first kappa shape index (κ1) is 8.17. The molecule has 74 valence electrons. The molecule has 3 unspecified atom stereocenters. The summed E-state index contributed by atoms with van der Waals surface area (Å²) in [6, 6.07) is 0. The first-order valence-electron chi connectivity index (χ1n) is 5.06. The van der Waals surface area contributed by atoms with Crippen molar-refractivity contribution in [3.05, 3.63) is 0 Å². The predicted octanol–water partition coefficient (Wildman–Crippen LogP) is -1.31. The largest absolute Gasteiger partial charge is 0.396 e. The van der Waals surface area contributed by atoms with Crippen molar-refractivity contribution >= 4 is 0 Å². The summed E-state index contributed by atoms with van der Waals surface area (Å²) in [5.74, 6) is 0.425. The van der Waals surface area contributed by atoms with Crippen LogP contribution in [0.5, 0.6) is 0 Å². The summed E-state index contributed by atoms with van der Waals surface area (Å²) in [5.41, 5.74) is 0.161. The monoisotopic (exact) mass is 184 g/mol. The van der Waals surface area contributed by atoms with Crippen molar-refractivity contribution < 1.29 is 10.2 Å². The Morgan fingerprint density at radius 2 is 2.00 bits per heavy atom. The summed E-state index contributed by atoms with van der Waals surface area (Å²) in [5, 5.41) is 18.8. The van der Waals surface area contributed by atoms with E-state index in [-0.39, 0.29) is 11.8 Å². The van der Waals surface area contributed by atoms with Gasteiger partial charge in [-0.05, 0) is 6.42 Å². The Labute approximate surface area is 77.7 Å². The zero-order valence-electron chi connectivity index (χ0n) is 7.69. The van der Waals surface area contributed by atoms with Crippen molar-refractivity contribution in [3.63, 3.8) is 0 Å². The Hall–Kier alpha value is -0.160. The average molecular weight is 184 g/mol. The SMILES string of the molecule is OCC1CN2CC(O)CN3CCC132. The van der Waals surface area contributed by atoms with Gasteiger partial charge in [-0.2, -0.15) is 0 Å². The molecule has 3 fully saturated rings. The van der Waals surface area contributed by atoms with Crippen LogP contribution in [0.25, 0.3) is 0 Å². The van der Waals surface area contributed by atoms with E-state index >= 15 is 0 Å². The molecule has 0 aliphatic carbocycles. The van der Waals surface area contributed by atoms with Gasteiger partial charge in [-0.3, -0.25) is 9.80 Å². The molecule has 0 aromatic carbocycles. The van der Waals surface area contributed by atoms with Crippen LogP contribution in [-0.4, -0.2) is 64.6 Å². The molecular formula is C9H16N2O2. The molecule has 2 N–H and O–H groups in total. The second kappa shape index (κ2) is 2.45. The molecule has 1 spiro atoms. The number of aliphatic hydroxyl groups excluding tert-OH is 2. The van der Waals surface area contributed by atoms with Crippen LogP contribution < -0.4 is 0 Å². The summed E-state index contributed by atoms with van der Waals surface area (Å²) in [6.45, 7) is 3.94. The molecule has 0 amide bonds. The second-order valence-electron chi connectivity index (χ2n) is 4.51. The van der Waals surface area contributed by atoms with Crippen LogP contribution in [-0.2, 0) is 0 Å². The summed E-state index contributed by atoms with van der Waals surface area (Å²) in [6.07, 6.45) is 0.985. The quantitative estimate of drug-likeness (QED) is 0.531. The van der Waals surface area contributed by atoms with E-state index in [4.69, 9.17) is 0 Å². The van der Waals surface area contributed by atoms with Crippen LogP contribution in [0.4, 0.5) is 0 Å². The molecule has 0 saturated carbocycles. The molecule has 0 aromatic heterocycles. The lowest BCUT2D eigenvalue weighted by Gasteiger charge is -2.72. The fraction of sp³-hybridized carbons (Fsp3) is 1.00. The van der Waals surface area contributed by atoms with Crippen molar-refractivity contribution in [2.45, 2.75) is 18.2 Å². The number of hydrogen-bond acceptors (Lipinski definition) is 4. The highest BCUT2D eigenvalue weighted by atomic mass is 16.3. The normalized spacial score (nSPS) is 50.3. The van der Waals surface area contributed by atoms with E-state index < -0.39 is 0 Å². The minimum absolute atomic E-state index is 0.161. The highest BCUT2D eigenvalue weighted by Gasteiger charge is 2.63. The minimum Gasteiger partial charge on any atom is -0.396 e. The molecule has 13 heavy (non-hydrogen) atoms. The van der Waals surface area contributed by atoms with Crippen LogP contribution in [0.2, 0.25) is 0 Å². The van der Waals surface area contributed by atoms with Gasteiger partial charge < -0.3 is 10.2 Å². The average Bonchev–Trinajstić information content (AvgIpc) is 2.03. The minimum atomic E-state index is -0.187. The lowest BCUT2D eigenvalue weighted by molar-refractivity contribution is -0.286. The highest BCUT2D eigenvalue weighted by Crippen LogP contribution is 2.50. The predicted molar refractivity (Wildman–Crippen MR) is 47.1 cm³/mol. The van der Waals surface area contributed by atoms with E-state index in [2.05, 4.69) is 9.80 Å². The molecule has 4 nitrogen and oxygen atoms in total. The van der Waals surface area contributed by atoms with Crippen LogP contribution in [0.1, 0.15) is 6.42 Å². The lowest BCUT2D eigenvalue weighted by atomic mass is 9.70. The summed E-state index contributed by atoms with van der Waals surface area (Å²) in [7, 11) is 0. The third-order valence-corrected chi connectivity index (χ3v) is 4.02. The number of nitrogens with zero attached hydrogens (tertiary/aromatic N) is 2. The Morgan fingerprint density at radius 3 is 2.54 bits per heavy atom. The van der Waals surface area contributed by atoms with Crippen LogP contribution in [0.15, 0.2) is 0 Å². The molecular weight excluding hydrogens is 168 g/mol. The maximum Gasteiger partial charge on any atom is 0.0815 e. The van der Waals surface area contributed by atoms with Gasteiger partial charge in [-0.1, -0.05) is 0 Å². The third-order valence-electron chi connectivity index (χ3n) is 4.02. The number of hydrogen-bond donors (Lipinski definition) is 2. The Morgan fingerprint density at radius 1 is 1.23 bits per heavy atom. The van der Waals surface area contributed by atoms with Gasteiger partial charge in [-0.15, -0.1) is 0 Å². The van der Waals surface area contributed by atoms with Crippen molar-refractivity contribution in [3.8, 4) is 0 Å². The van der Waals surface area contributed by atoms with Crippen LogP contribution >= 0.6 is 0 Å². The summed E-state index contributed by atoms with van der Waals surface area (Å²) < 4.78 is 0. The molecule has 3 saturated heterocycles. The topological polar surface area (TPSA) is 46.9 Å². The molecule has 3 aliphatic heterocycles. The standard InChI is InChI=1S/C9H16N2O2/c12-6-7-3-11-5-8(13)4-10-2-1-9(7,10)11/h7-8,12-13H,1-6H2. The smallest absolute Gasteiger partial charge is 0.0815 e. The van der Waals surface area contributed by atoms with E-state index in [1.54, 1.807) is 0 Å². The molecule has 3 rings (SSSR count). The third kappa shape index (κ3) is 0.801. The van der Waals surface area contributed by atoms with Crippen LogP contribution in [0, 0.1) is 5.92 Å². The fourth-order valence-corrected chi connectivity index (χ4v) is 3.29. The first-order chi connectivity index (χ1) is 6.27. The van der Waals surface area contributed by atoms with Gasteiger partial charge in [0.15, 0.2) is 0 Å². The molecule has 4 heteroatoms. The van der Waals surface area contributed by atoms with Gasteiger partial charge in [0.1, 0.15) is 0 Å². The molecule has 3 atom stereocenters. The molecule has 3 heterocycles. The molecule has 3 aliphatic rings. The maximum absolute atomic E-state index is 9.56. The van der Waals surface area contributed by atoms with Gasteiger partial charge in [0, 0.05) is 32.1 Å². The zero-order valence-corrected chi connectivity index (χ0v) is 7.69. The number of aliphatic hydroxyl groups is 2. The fourth-order valence-electron chi connectivity index (χ4n) is 3.29. The number of rotatable bonds is 1. The van der Waals surface area contributed by atoms with E-state index in [0.717, 1.165) is 26.2 Å². The first-order valence-corrected chi connectivity index (χ1v) is 5.06. The molecule has 0 radical (unpaired) electrons. The van der Waals surface area contributed by atoms with Gasteiger partial charge in [0.2, 0.25) is 0 Å². The van der Waals surface area contributed by atoms with E-state index in [1.807, 2.05) is 0 Å². The second-order valence-corrected chi connectivity index (χ2v) is 4.51. The van der Waals surface area contributed by atoms with Crippen molar-refractivity contribution in [2.24, 2.45) is 5.92 Å². The van der Waals surface area contributed by atoms with E-state index in [1.165, 1.54) is 6.42 Å². The van der Waals surface area contributed by atoms with Gasteiger partial charge in [-0.25, -0.2) is 0 Å². The zero-order chi connectivity index (χ0) is 9.05. The van der Waals surface area contributed by atoms with E-state index in [9.17, 15) is 10.2 Å². The summed E-state index contributed by atoms with van der Waals surface area (Å²) >= 11 is 0. The Kier molecular flexibility index (Phi) is 1.54. The van der Waals surface area contributed by atoms with Crippen molar-refractivity contribution in [2.75, 3.05) is 32.8 Å². The van der Waals surface area contributed by atoms with Crippen molar-refractivity contribution in [1.82, 2.24) is 9.80 Å². The van der Waals surface area contributed by atoms with Gasteiger partial charge in [0.25, 0.3) is 0 Å². The Bertz CT molecular complexity index is 226. The van der Waals surface area contributed by atoms with Crippen molar-refractivity contribution in [1.29, 1.82) is 0 Å². The summed E-state index contributed by atoms with van der Waals surface area (Å²) in [4.78, 5) is 4.65. The molecule has 0 bridgehead atoms. The van der Waals surface area contributed by atoms with E-state index in [0.29, 0.717) is 12.5 Å². The van der Waals surface area contributed by atoms with Gasteiger partial charge >= 0.3 is 0 Å². The molecule has 0 aromatic rings. The van der Waals surface area contributed by atoms with Crippen LogP contribution in [0.3, 0.4) is 0 Å². The highest BCUT2D eigenvalue weighted by molar-refractivity contribution is 5.14.